The Bertz CT molecular complexity index is 477. The molecule has 0 radical (unpaired) electrons. The van der Waals surface area contributed by atoms with E-state index < -0.39 is 0 Å². The van der Waals surface area contributed by atoms with E-state index in [0.29, 0.717) is 6.54 Å². The van der Waals surface area contributed by atoms with Gasteiger partial charge in [-0.05, 0) is 18.2 Å². The lowest BCUT2D eigenvalue weighted by atomic mass is 10.3. The molecular weight excluding hydrogens is 256 g/mol. The van der Waals surface area contributed by atoms with E-state index in [1.165, 1.54) is 0 Å². The lowest BCUT2D eigenvalue weighted by Gasteiger charge is -2.03. The monoisotopic (exact) mass is 268 g/mol. The Morgan fingerprint density at radius 1 is 1.53 bits per heavy atom. The topological polar surface area (TPSA) is 55.9 Å². The lowest BCUT2D eigenvalue weighted by Crippen LogP contribution is -2.15. The normalized spacial score (nSPS) is 10.9. The molecule has 15 heavy (non-hydrogen) atoms. The highest BCUT2D eigenvalue weighted by Gasteiger charge is 2.06. The Morgan fingerprint density at radius 2 is 2.33 bits per heavy atom. The Labute approximate surface area is 96.6 Å². The third kappa shape index (κ3) is 1.98. The van der Waals surface area contributed by atoms with Crippen molar-refractivity contribution in [2.75, 3.05) is 18.4 Å². The summed E-state index contributed by atoms with van der Waals surface area (Å²) in [6, 6.07) is 6.06. The van der Waals surface area contributed by atoms with Gasteiger partial charge in [-0.15, -0.1) is 0 Å². The van der Waals surface area contributed by atoms with Gasteiger partial charge in [0, 0.05) is 24.6 Å². The van der Waals surface area contributed by atoms with E-state index in [1.54, 1.807) is 0 Å². The SMILES string of the molecule is Cn1c(NCCN)nc2cc(Br)ccc21. The van der Waals surface area contributed by atoms with Crippen LogP contribution in [0.3, 0.4) is 0 Å². The molecule has 80 valence electrons. The van der Waals surface area contributed by atoms with Crippen LogP contribution in [0.4, 0.5) is 5.95 Å². The summed E-state index contributed by atoms with van der Waals surface area (Å²) in [6.07, 6.45) is 0. The smallest absolute Gasteiger partial charge is 0.203 e. The van der Waals surface area contributed by atoms with E-state index in [4.69, 9.17) is 5.73 Å². The minimum absolute atomic E-state index is 0.604. The van der Waals surface area contributed by atoms with Crippen LogP contribution in [-0.4, -0.2) is 22.6 Å². The van der Waals surface area contributed by atoms with Crippen molar-refractivity contribution in [3.05, 3.63) is 22.7 Å². The summed E-state index contributed by atoms with van der Waals surface area (Å²) in [7, 11) is 1.99. The molecule has 0 bridgehead atoms. The zero-order valence-electron chi connectivity index (χ0n) is 8.50. The van der Waals surface area contributed by atoms with E-state index in [1.807, 2.05) is 29.8 Å². The maximum atomic E-state index is 5.44. The van der Waals surface area contributed by atoms with Crippen LogP contribution in [0.25, 0.3) is 11.0 Å². The number of halogens is 1. The molecule has 0 spiro atoms. The summed E-state index contributed by atoms with van der Waals surface area (Å²) in [5.41, 5.74) is 7.52. The Balaban J connectivity index is 2.44. The maximum absolute atomic E-state index is 5.44. The Hall–Kier alpha value is -1.07. The van der Waals surface area contributed by atoms with Crippen molar-refractivity contribution in [2.24, 2.45) is 12.8 Å². The number of hydrogen-bond acceptors (Lipinski definition) is 3. The second-order valence-corrected chi connectivity index (χ2v) is 4.26. The van der Waals surface area contributed by atoms with Gasteiger partial charge in [-0.1, -0.05) is 15.9 Å². The third-order valence-electron chi connectivity index (χ3n) is 2.27. The molecule has 0 atom stereocenters. The Morgan fingerprint density at radius 3 is 3.07 bits per heavy atom. The fourth-order valence-electron chi connectivity index (χ4n) is 1.52. The zero-order chi connectivity index (χ0) is 10.8. The first-order valence-electron chi connectivity index (χ1n) is 4.78. The molecule has 5 heteroatoms. The van der Waals surface area contributed by atoms with Crippen molar-refractivity contribution in [3.8, 4) is 0 Å². The fourth-order valence-corrected chi connectivity index (χ4v) is 1.86. The first-order chi connectivity index (χ1) is 7.22. The second kappa shape index (κ2) is 4.20. The molecule has 1 aromatic heterocycles. The minimum atomic E-state index is 0.604. The van der Waals surface area contributed by atoms with Gasteiger partial charge in [-0.3, -0.25) is 0 Å². The van der Waals surface area contributed by atoms with E-state index in [-0.39, 0.29) is 0 Å². The van der Waals surface area contributed by atoms with Gasteiger partial charge < -0.3 is 15.6 Å². The first-order valence-corrected chi connectivity index (χ1v) is 5.57. The fraction of sp³-hybridized carbons (Fsp3) is 0.300. The molecule has 0 aliphatic carbocycles. The molecule has 0 saturated carbocycles. The molecule has 0 fully saturated rings. The van der Waals surface area contributed by atoms with Crippen molar-refractivity contribution in [1.82, 2.24) is 9.55 Å². The molecule has 0 saturated heterocycles. The highest BCUT2D eigenvalue weighted by Crippen LogP contribution is 2.21. The number of fused-ring (bicyclic) bond motifs is 1. The molecule has 0 aliphatic heterocycles. The molecule has 0 unspecified atom stereocenters. The zero-order valence-corrected chi connectivity index (χ0v) is 10.1. The number of imidazole rings is 1. The number of nitrogens with one attached hydrogen (secondary N) is 1. The van der Waals surface area contributed by atoms with Crippen LogP contribution >= 0.6 is 15.9 Å². The average Bonchev–Trinajstić information content (AvgIpc) is 2.52. The number of benzene rings is 1. The van der Waals surface area contributed by atoms with Gasteiger partial charge in [0.25, 0.3) is 0 Å². The van der Waals surface area contributed by atoms with Crippen LogP contribution in [-0.2, 0) is 7.05 Å². The molecule has 0 aliphatic rings. The molecule has 2 rings (SSSR count). The van der Waals surface area contributed by atoms with Gasteiger partial charge in [0.05, 0.1) is 11.0 Å². The van der Waals surface area contributed by atoms with Crippen LogP contribution in [0.15, 0.2) is 22.7 Å². The van der Waals surface area contributed by atoms with Gasteiger partial charge in [-0.25, -0.2) is 4.98 Å². The predicted octanol–water partition coefficient (Wildman–Crippen LogP) is 1.71. The van der Waals surface area contributed by atoms with Crippen LogP contribution in [0.2, 0.25) is 0 Å². The second-order valence-electron chi connectivity index (χ2n) is 3.34. The number of aromatic nitrogens is 2. The number of hydrogen-bond donors (Lipinski definition) is 2. The van der Waals surface area contributed by atoms with Gasteiger partial charge in [-0.2, -0.15) is 0 Å². The van der Waals surface area contributed by atoms with Crippen molar-refractivity contribution >= 4 is 32.9 Å². The predicted molar refractivity (Wildman–Crippen MR) is 66.0 cm³/mol. The highest BCUT2D eigenvalue weighted by molar-refractivity contribution is 9.10. The summed E-state index contributed by atoms with van der Waals surface area (Å²) in [4.78, 5) is 4.48. The van der Waals surface area contributed by atoms with Gasteiger partial charge in [0.1, 0.15) is 0 Å². The third-order valence-corrected chi connectivity index (χ3v) is 2.76. The number of rotatable bonds is 3. The standard InChI is InChI=1S/C10H13BrN4/c1-15-9-3-2-7(11)6-8(9)14-10(15)13-5-4-12/h2-3,6H,4-5,12H2,1H3,(H,13,14). The molecule has 2 aromatic rings. The van der Waals surface area contributed by atoms with Crippen LogP contribution < -0.4 is 11.1 Å². The largest absolute Gasteiger partial charge is 0.354 e. The molecule has 4 nitrogen and oxygen atoms in total. The van der Waals surface area contributed by atoms with E-state index in [2.05, 4.69) is 26.2 Å². The van der Waals surface area contributed by atoms with Crippen molar-refractivity contribution in [2.45, 2.75) is 0 Å². The van der Waals surface area contributed by atoms with Crippen LogP contribution in [0.1, 0.15) is 0 Å². The number of nitrogens with zero attached hydrogens (tertiary/aromatic N) is 2. The van der Waals surface area contributed by atoms with Gasteiger partial charge >= 0.3 is 0 Å². The first kappa shape index (κ1) is 10.4. The summed E-state index contributed by atoms with van der Waals surface area (Å²) in [5.74, 6) is 0.855. The average molecular weight is 269 g/mol. The summed E-state index contributed by atoms with van der Waals surface area (Å²) >= 11 is 3.43. The maximum Gasteiger partial charge on any atom is 0.203 e. The molecule has 1 aromatic carbocycles. The van der Waals surface area contributed by atoms with Gasteiger partial charge in [0.15, 0.2) is 0 Å². The molecule has 1 heterocycles. The quantitative estimate of drug-likeness (QED) is 0.891. The number of anilines is 1. The van der Waals surface area contributed by atoms with E-state index in [0.717, 1.165) is 28.0 Å². The van der Waals surface area contributed by atoms with Crippen LogP contribution in [0, 0.1) is 0 Å². The highest BCUT2D eigenvalue weighted by atomic mass is 79.9. The summed E-state index contributed by atoms with van der Waals surface area (Å²) in [5, 5.41) is 3.18. The van der Waals surface area contributed by atoms with Crippen molar-refractivity contribution in [3.63, 3.8) is 0 Å². The summed E-state index contributed by atoms with van der Waals surface area (Å²) in [6.45, 7) is 1.34. The minimum Gasteiger partial charge on any atom is -0.354 e. The molecule has 3 N–H and O–H groups in total. The van der Waals surface area contributed by atoms with Crippen molar-refractivity contribution < 1.29 is 0 Å². The van der Waals surface area contributed by atoms with Gasteiger partial charge in [0.2, 0.25) is 5.95 Å². The number of aryl methyl sites for hydroxylation is 1. The number of nitrogens with two attached hydrogens (primary N) is 1. The molecule has 0 amide bonds. The Kier molecular flexibility index (Phi) is 2.93. The van der Waals surface area contributed by atoms with E-state index >= 15 is 0 Å². The summed E-state index contributed by atoms with van der Waals surface area (Å²) < 4.78 is 3.07. The molecular formula is C10H13BrN4. The van der Waals surface area contributed by atoms with Crippen LogP contribution in [0.5, 0.6) is 0 Å². The van der Waals surface area contributed by atoms with E-state index in [9.17, 15) is 0 Å². The van der Waals surface area contributed by atoms with Crippen molar-refractivity contribution in [1.29, 1.82) is 0 Å². The lowest BCUT2D eigenvalue weighted by molar-refractivity contribution is 0.915.